The molecule has 1 fully saturated rings. The Hall–Kier alpha value is -1.26. The maximum absolute atomic E-state index is 12.1. The third-order valence-electron chi connectivity index (χ3n) is 3.05. The molecular formula is C13H24N2O3. The molecule has 1 aliphatic rings. The lowest BCUT2D eigenvalue weighted by molar-refractivity contribution is -0.137. The Morgan fingerprint density at radius 1 is 1.39 bits per heavy atom. The van der Waals surface area contributed by atoms with E-state index in [-0.39, 0.29) is 18.5 Å². The van der Waals surface area contributed by atoms with E-state index in [1.807, 2.05) is 11.8 Å². The van der Waals surface area contributed by atoms with Crippen molar-refractivity contribution in [2.24, 2.45) is 5.92 Å². The number of carbonyl (C=O) groups excluding carboxylic acids is 1. The highest BCUT2D eigenvalue weighted by Gasteiger charge is 2.33. The van der Waals surface area contributed by atoms with Gasteiger partial charge in [0.25, 0.3) is 0 Å². The molecule has 0 saturated heterocycles. The summed E-state index contributed by atoms with van der Waals surface area (Å²) >= 11 is 0. The number of carboxylic acids is 1. The topological polar surface area (TPSA) is 69.6 Å². The van der Waals surface area contributed by atoms with Crippen LogP contribution in [-0.2, 0) is 4.79 Å². The van der Waals surface area contributed by atoms with E-state index in [0.717, 1.165) is 19.4 Å². The van der Waals surface area contributed by atoms with Crippen LogP contribution in [0.1, 0.15) is 46.5 Å². The number of rotatable bonds is 7. The lowest BCUT2D eigenvalue weighted by atomic mass is 10.1. The van der Waals surface area contributed by atoms with Gasteiger partial charge in [-0.3, -0.25) is 4.79 Å². The number of carboxylic acid groups (broad SMARTS) is 1. The van der Waals surface area contributed by atoms with Gasteiger partial charge in [0.2, 0.25) is 0 Å². The molecule has 0 aromatic heterocycles. The first-order chi connectivity index (χ1) is 8.43. The normalized spacial score (nSPS) is 16.4. The van der Waals surface area contributed by atoms with Crippen LogP contribution in [0, 0.1) is 5.92 Å². The van der Waals surface area contributed by atoms with Crippen LogP contribution >= 0.6 is 0 Å². The number of nitrogens with zero attached hydrogens (tertiary/aromatic N) is 1. The van der Waals surface area contributed by atoms with Crippen molar-refractivity contribution in [3.63, 3.8) is 0 Å². The first-order valence-corrected chi connectivity index (χ1v) is 6.73. The van der Waals surface area contributed by atoms with Crippen molar-refractivity contribution in [2.45, 2.75) is 58.5 Å². The number of hydrogen-bond acceptors (Lipinski definition) is 2. The largest absolute Gasteiger partial charge is 0.481 e. The summed E-state index contributed by atoms with van der Waals surface area (Å²) in [6.07, 6.45) is 2.76. The van der Waals surface area contributed by atoms with Gasteiger partial charge >= 0.3 is 12.0 Å². The Bertz CT molecular complexity index is 301. The molecule has 0 aromatic carbocycles. The summed E-state index contributed by atoms with van der Waals surface area (Å²) < 4.78 is 0. The zero-order valence-electron chi connectivity index (χ0n) is 11.5. The van der Waals surface area contributed by atoms with E-state index in [4.69, 9.17) is 5.11 Å². The highest BCUT2D eigenvalue weighted by molar-refractivity contribution is 5.76. The van der Waals surface area contributed by atoms with Gasteiger partial charge in [-0.1, -0.05) is 20.8 Å². The van der Waals surface area contributed by atoms with Gasteiger partial charge in [-0.05, 0) is 25.2 Å². The Kier molecular flexibility index (Phi) is 5.44. The van der Waals surface area contributed by atoms with Crippen LogP contribution in [0.25, 0.3) is 0 Å². The first-order valence-electron chi connectivity index (χ1n) is 6.73. The van der Waals surface area contributed by atoms with E-state index in [0.29, 0.717) is 18.4 Å². The maximum atomic E-state index is 12.1. The third kappa shape index (κ3) is 4.94. The molecule has 104 valence electrons. The molecule has 2 N–H and O–H groups in total. The van der Waals surface area contributed by atoms with Crippen molar-refractivity contribution in [2.75, 3.05) is 6.54 Å². The molecule has 0 spiro atoms. The van der Waals surface area contributed by atoms with E-state index in [9.17, 15) is 9.59 Å². The summed E-state index contributed by atoms with van der Waals surface area (Å²) in [5, 5.41) is 11.6. The first kappa shape index (κ1) is 14.8. The summed E-state index contributed by atoms with van der Waals surface area (Å²) in [5.41, 5.74) is 0. The quantitative estimate of drug-likeness (QED) is 0.732. The number of urea groups is 1. The van der Waals surface area contributed by atoms with Crippen molar-refractivity contribution in [1.82, 2.24) is 10.2 Å². The van der Waals surface area contributed by atoms with Crippen LogP contribution in [0.4, 0.5) is 4.79 Å². The zero-order valence-corrected chi connectivity index (χ0v) is 11.5. The summed E-state index contributed by atoms with van der Waals surface area (Å²) in [4.78, 5) is 24.7. The van der Waals surface area contributed by atoms with Crippen LogP contribution in [0.2, 0.25) is 0 Å². The Labute approximate surface area is 109 Å². The molecule has 0 aliphatic heterocycles. The average molecular weight is 256 g/mol. The minimum absolute atomic E-state index is 0.0115. The highest BCUT2D eigenvalue weighted by Crippen LogP contribution is 2.27. The molecule has 1 atom stereocenters. The minimum Gasteiger partial charge on any atom is -0.481 e. The number of nitrogens with one attached hydrogen (secondary N) is 1. The van der Waals surface area contributed by atoms with E-state index in [2.05, 4.69) is 19.2 Å². The second-order valence-electron chi connectivity index (χ2n) is 5.43. The van der Waals surface area contributed by atoms with Gasteiger partial charge in [-0.15, -0.1) is 0 Å². The van der Waals surface area contributed by atoms with Crippen molar-refractivity contribution < 1.29 is 14.7 Å². The van der Waals surface area contributed by atoms with E-state index in [1.165, 1.54) is 0 Å². The molecule has 2 amide bonds. The van der Waals surface area contributed by atoms with Crippen molar-refractivity contribution in [3.05, 3.63) is 0 Å². The molecule has 18 heavy (non-hydrogen) atoms. The lowest BCUT2D eigenvalue weighted by Gasteiger charge is -2.27. The molecule has 0 bridgehead atoms. The number of amides is 2. The van der Waals surface area contributed by atoms with Crippen LogP contribution < -0.4 is 5.32 Å². The predicted molar refractivity (Wildman–Crippen MR) is 69.4 cm³/mol. The van der Waals surface area contributed by atoms with Gasteiger partial charge in [-0.2, -0.15) is 0 Å². The van der Waals surface area contributed by atoms with Crippen molar-refractivity contribution >= 4 is 12.0 Å². The maximum Gasteiger partial charge on any atom is 0.317 e. The number of hydrogen-bond donors (Lipinski definition) is 2. The second-order valence-corrected chi connectivity index (χ2v) is 5.43. The zero-order chi connectivity index (χ0) is 13.7. The number of aliphatic carboxylic acids is 1. The summed E-state index contributed by atoms with van der Waals surface area (Å²) in [6, 6.07) is -0.0301. The molecule has 1 unspecified atom stereocenters. The molecular weight excluding hydrogens is 232 g/mol. The van der Waals surface area contributed by atoms with E-state index in [1.54, 1.807) is 0 Å². The summed E-state index contributed by atoms with van der Waals surface area (Å²) in [7, 11) is 0. The van der Waals surface area contributed by atoms with Crippen molar-refractivity contribution in [1.29, 1.82) is 0 Å². The SMILES string of the molecule is CCC(CC(=O)O)NC(=O)N(CC(C)C)C1CC1. The summed E-state index contributed by atoms with van der Waals surface area (Å²) in [5.74, 6) is -0.445. The van der Waals surface area contributed by atoms with Crippen LogP contribution in [0.3, 0.4) is 0 Å². The van der Waals surface area contributed by atoms with E-state index < -0.39 is 5.97 Å². The summed E-state index contributed by atoms with van der Waals surface area (Å²) in [6.45, 7) is 6.78. The second kappa shape index (κ2) is 6.61. The van der Waals surface area contributed by atoms with Gasteiger partial charge in [0.15, 0.2) is 0 Å². The molecule has 1 saturated carbocycles. The lowest BCUT2D eigenvalue weighted by Crippen LogP contribution is -2.47. The Morgan fingerprint density at radius 2 is 2.00 bits per heavy atom. The Morgan fingerprint density at radius 3 is 2.39 bits per heavy atom. The molecule has 0 radical (unpaired) electrons. The van der Waals surface area contributed by atoms with Gasteiger partial charge in [0.1, 0.15) is 0 Å². The van der Waals surface area contributed by atoms with Crippen LogP contribution in [0.15, 0.2) is 0 Å². The third-order valence-corrected chi connectivity index (χ3v) is 3.05. The fraction of sp³-hybridized carbons (Fsp3) is 0.846. The average Bonchev–Trinajstić information content (AvgIpc) is 3.07. The van der Waals surface area contributed by atoms with Crippen molar-refractivity contribution in [3.8, 4) is 0 Å². The predicted octanol–water partition coefficient (Wildman–Crippen LogP) is 2.07. The molecule has 5 nitrogen and oxygen atoms in total. The van der Waals surface area contributed by atoms with Gasteiger partial charge < -0.3 is 15.3 Å². The molecule has 1 aliphatic carbocycles. The van der Waals surface area contributed by atoms with E-state index >= 15 is 0 Å². The molecule has 0 aromatic rings. The van der Waals surface area contributed by atoms with Gasteiger partial charge in [0, 0.05) is 18.6 Å². The Balaban J connectivity index is 2.51. The molecule has 1 rings (SSSR count). The fourth-order valence-corrected chi connectivity index (χ4v) is 1.94. The molecule has 0 heterocycles. The van der Waals surface area contributed by atoms with Crippen LogP contribution in [0.5, 0.6) is 0 Å². The van der Waals surface area contributed by atoms with Gasteiger partial charge in [-0.25, -0.2) is 4.79 Å². The standard InChI is InChI=1S/C13H24N2O3/c1-4-10(7-12(16)17)14-13(18)15(8-9(2)3)11-5-6-11/h9-11H,4-8H2,1-3H3,(H,14,18)(H,16,17). The van der Waals surface area contributed by atoms with Gasteiger partial charge in [0.05, 0.1) is 6.42 Å². The smallest absolute Gasteiger partial charge is 0.317 e. The van der Waals surface area contributed by atoms with Crippen LogP contribution in [-0.4, -0.2) is 40.6 Å². The minimum atomic E-state index is -0.871. The number of carbonyl (C=O) groups is 2. The fourth-order valence-electron chi connectivity index (χ4n) is 1.94. The monoisotopic (exact) mass is 256 g/mol. The highest BCUT2D eigenvalue weighted by atomic mass is 16.4. The molecule has 5 heteroatoms.